The van der Waals surface area contributed by atoms with E-state index < -0.39 is 21.9 Å². The first kappa shape index (κ1) is 22.9. The largest absolute Gasteiger partial charge is 0.347 e. The summed E-state index contributed by atoms with van der Waals surface area (Å²) in [6, 6.07) is 13.6. The van der Waals surface area contributed by atoms with Crippen molar-refractivity contribution >= 4 is 21.6 Å². The van der Waals surface area contributed by atoms with Crippen molar-refractivity contribution < 1.29 is 17.6 Å². The normalized spacial score (nSPS) is 13.7. The van der Waals surface area contributed by atoms with Gasteiger partial charge in [0, 0.05) is 0 Å². The molecule has 2 rings (SSSR count). The zero-order valence-electron chi connectivity index (χ0n) is 17.3. The van der Waals surface area contributed by atoms with E-state index in [2.05, 4.69) is 19.2 Å². The van der Waals surface area contributed by atoms with Crippen molar-refractivity contribution in [3.63, 3.8) is 0 Å². The van der Waals surface area contributed by atoms with Gasteiger partial charge in [0.2, 0.25) is 15.9 Å². The minimum Gasteiger partial charge on any atom is -0.347 e. The summed E-state index contributed by atoms with van der Waals surface area (Å²) in [6.45, 7) is 5.90. The predicted octanol–water partition coefficient (Wildman–Crippen LogP) is 4.27. The molecule has 7 heteroatoms. The number of nitrogens with one attached hydrogen (secondary N) is 1. The molecule has 0 spiro atoms. The van der Waals surface area contributed by atoms with Crippen molar-refractivity contribution in [2.75, 3.05) is 10.6 Å². The van der Waals surface area contributed by atoms with E-state index in [0.29, 0.717) is 5.92 Å². The van der Waals surface area contributed by atoms with E-state index in [1.807, 2.05) is 30.3 Å². The third-order valence-electron chi connectivity index (χ3n) is 4.64. The topological polar surface area (TPSA) is 66.5 Å². The average Bonchev–Trinajstić information content (AvgIpc) is 2.65. The van der Waals surface area contributed by atoms with Crippen LogP contribution in [0, 0.1) is 11.7 Å². The monoisotopic (exact) mass is 420 g/mol. The number of rotatable bonds is 9. The lowest BCUT2D eigenvalue weighted by Gasteiger charge is -2.32. The van der Waals surface area contributed by atoms with E-state index in [-0.39, 0.29) is 24.1 Å². The summed E-state index contributed by atoms with van der Waals surface area (Å²) >= 11 is 0. The van der Waals surface area contributed by atoms with Crippen LogP contribution in [0.25, 0.3) is 0 Å². The quantitative estimate of drug-likeness (QED) is 0.659. The lowest BCUT2D eigenvalue weighted by Crippen LogP contribution is -2.50. The van der Waals surface area contributed by atoms with E-state index in [9.17, 15) is 17.6 Å². The molecule has 0 bridgehead atoms. The zero-order valence-corrected chi connectivity index (χ0v) is 18.1. The van der Waals surface area contributed by atoms with Crippen LogP contribution in [0.2, 0.25) is 0 Å². The SMILES string of the molecule is CC[C@H](C(=O)N[C@@H](CC(C)C)c1ccccc1)N(c1ccc(F)cc1)S(C)(=O)=O. The number of anilines is 1. The van der Waals surface area contributed by atoms with Crippen molar-refractivity contribution in [1.82, 2.24) is 5.32 Å². The molecule has 2 aromatic rings. The maximum Gasteiger partial charge on any atom is 0.244 e. The fourth-order valence-electron chi connectivity index (χ4n) is 3.35. The lowest BCUT2D eigenvalue weighted by molar-refractivity contribution is -0.123. The second kappa shape index (κ2) is 9.87. The molecule has 0 heterocycles. The highest BCUT2D eigenvalue weighted by molar-refractivity contribution is 7.92. The van der Waals surface area contributed by atoms with Crippen molar-refractivity contribution in [2.24, 2.45) is 5.92 Å². The van der Waals surface area contributed by atoms with Gasteiger partial charge in [-0.05, 0) is 48.6 Å². The number of amides is 1. The van der Waals surface area contributed by atoms with Gasteiger partial charge in [0.1, 0.15) is 11.9 Å². The van der Waals surface area contributed by atoms with E-state index in [1.54, 1.807) is 6.92 Å². The molecule has 2 atom stereocenters. The molecule has 29 heavy (non-hydrogen) atoms. The molecule has 0 saturated carbocycles. The predicted molar refractivity (Wildman–Crippen MR) is 115 cm³/mol. The van der Waals surface area contributed by atoms with Gasteiger partial charge in [-0.3, -0.25) is 9.10 Å². The molecule has 0 aliphatic carbocycles. The number of halogens is 1. The number of hydrogen-bond acceptors (Lipinski definition) is 3. The van der Waals surface area contributed by atoms with Gasteiger partial charge in [0.15, 0.2) is 0 Å². The van der Waals surface area contributed by atoms with Crippen molar-refractivity contribution in [3.05, 3.63) is 66.0 Å². The summed E-state index contributed by atoms with van der Waals surface area (Å²) in [4.78, 5) is 13.2. The Balaban J connectivity index is 2.35. The first-order valence-corrected chi connectivity index (χ1v) is 11.6. The maximum absolute atomic E-state index is 13.3. The Morgan fingerprint density at radius 2 is 1.66 bits per heavy atom. The van der Waals surface area contributed by atoms with Crippen LogP contribution in [0.4, 0.5) is 10.1 Å². The second-order valence-corrected chi connectivity index (χ2v) is 9.42. The van der Waals surface area contributed by atoms with Gasteiger partial charge in [-0.15, -0.1) is 0 Å². The molecular formula is C22H29FN2O3S. The molecule has 5 nitrogen and oxygen atoms in total. The van der Waals surface area contributed by atoms with Gasteiger partial charge in [-0.1, -0.05) is 51.1 Å². The van der Waals surface area contributed by atoms with Crippen LogP contribution < -0.4 is 9.62 Å². The van der Waals surface area contributed by atoms with Crippen molar-refractivity contribution in [1.29, 1.82) is 0 Å². The molecule has 1 N–H and O–H groups in total. The van der Waals surface area contributed by atoms with Gasteiger partial charge in [0.05, 0.1) is 18.0 Å². The molecule has 0 saturated heterocycles. The van der Waals surface area contributed by atoms with Crippen LogP contribution in [0.15, 0.2) is 54.6 Å². The van der Waals surface area contributed by atoms with Crippen LogP contribution in [-0.4, -0.2) is 26.6 Å². The van der Waals surface area contributed by atoms with Gasteiger partial charge in [0.25, 0.3) is 0 Å². The number of nitrogens with zero attached hydrogens (tertiary/aromatic N) is 1. The highest BCUT2D eigenvalue weighted by atomic mass is 32.2. The van der Waals surface area contributed by atoms with Crippen molar-refractivity contribution in [3.8, 4) is 0 Å². The van der Waals surface area contributed by atoms with Crippen LogP contribution in [0.3, 0.4) is 0 Å². The van der Waals surface area contributed by atoms with Crippen LogP contribution in [0.1, 0.15) is 45.2 Å². The Morgan fingerprint density at radius 1 is 1.07 bits per heavy atom. The smallest absolute Gasteiger partial charge is 0.244 e. The Morgan fingerprint density at radius 3 is 2.14 bits per heavy atom. The Bertz CT molecular complexity index is 899. The fraction of sp³-hybridized carbons (Fsp3) is 0.409. The number of hydrogen-bond donors (Lipinski definition) is 1. The molecule has 0 fully saturated rings. The van der Waals surface area contributed by atoms with Crippen LogP contribution in [0.5, 0.6) is 0 Å². The van der Waals surface area contributed by atoms with E-state index in [0.717, 1.165) is 22.5 Å². The van der Waals surface area contributed by atoms with Crippen LogP contribution >= 0.6 is 0 Å². The first-order chi connectivity index (χ1) is 13.6. The molecular weight excluding hydrogens is 391 g/mol. The first-order valence-electron chi connectivity index (χ1n) is 9.73. The van der Waals surface area contributed by atoms with E-state index >= 15 is 0 Å². The summed E-state index contributed by atoms with van der Waals surface area (Å²) < 4.78 is 39.4. The summed E-state index contributed by atoms with van der Waals surface area (Å²) in [7, 11) is -3.76. The molecule has 2 aromatic carbocycles. The maximum atomic E-state index is 13.3. The van der Waals surface area contributed by atoms with Gasteiger partial charge < -0.3 is 5.32 Å². The molecule has 1 amide bonds. The summed E-state index contributed by atoms with van der Waals surface area (Å²) in [6.07, 6.45) is 2.05. The molecule has 158 valence electrons. The number of carbonyl (C=O) groups excluding carboxylic acids is 1. The van der Waals surface area contributed by atoms with E-state index in [1.165, 1.54) is 24.3 Å². The summed E-state index contributed by atoms with van der Waals surface area (Å²) in [5.74, 6) is -0.513. The Hall–Kier alpha value is -2.41. The van der Waals surface area contributed by atoms with Crippen molar-refractivity contribution in [2.45, 2.75) is 45.7 Å². The molecule has 0 aromatic heterocycles. The third kappa shape index (κ3) is 6.29. The zero-order chi connectivity index (χ0) is 21.6. The lowest BCUT2D eigenvalue weighted by atomic mass is 9.96. The van der Waals surface area contributed by atoms with Gasteiger partial charge in [-0.25, -0.2) is 12.8 Å². The Labute approximate surface area is 173 Å². The van der Waals surface area contributed by atoms with Crippen LogP contribution in [-0.2, 0) is 14.8 Å². The standard InChI is InChI=1S/C22H29FN2O3S/c1-5-21(25(29(4,27)28)19-13-11-18(23)12-14-19)22(26)24-20(15-16(2)3)17-9-7-6-8-10-17/h6-14,16,20-21H,5,15H2,1-4H3,(H,24,26)/t20-,21+/m0/s1. The second-order valence-electron chi connectivity index (χ2n) is 7.56. The van der Waals surface area contributed by atoms with E-state index in [4.69, 9.17) is 0 Å². The number of carbonyl (C=O) groups is 1. The third-order valence-corrected chi connectivity index (χ3v) is 5.82. The fourth-order valence-corrected chi connectivity index (χ4v) is 4.56. The number of sulfonamides is 1. The summed E-state index contributed by atoms with van der Waals surface area (Å²) in [5.41, 5.74) is 1.23. The van der Waals surface area contributed by atoms with Gasteiger partial charge in [-0.2, -0.15) is 0 Å². The average molecular weight is 421 g/mol. The minimum absolute atomic E-state index is 0.229. The molecule has 0 aliphatic heterocycles. The molecule has 0 unspecified atom stereocenters. The Kier molecular flexibility index (Phi) is 7.79. The number of benzene rings is 2. The van der Waals surface area contributed by atoms with Gasteiger partial charge >= 0.3 is 0 Å². The molecule has 0 radical (unpaired) electrons. The minimum atomic E-state index is -3.76. The highest BCUT2D eigenvalue weighted by Crippen LogP contribution is 2.25. The summed E-state index contributed by atoms with van der Waals surface area (Å²) in [5, 5.41) is 3.03. The molecule has 0 aliphatic rings. The highest BCUT2D eigenvalue weighted by Gasteiger charge is 2.32.